The summed E-state index contributed by atoms with van der Waals surface area (Å²) < 4.78 is 39.0. The minimum atomic E-state index is -2.52. The maximum Gasteiger partial charge on any atom is 0.329 e. The average molecular weight is 951 g/mol. The van der Waals surface area contributed by atoms with Crippen LogP contribution in [-0.4, -0.2) is 137 Å². The number of amides is 1. The molecule has 3 aliphatic heterocycles. The van der Waals surface area contributed by atoms with Gasteiger partial charge in [-0.05, 0) is 120 Å². The number of ether oxygens (including phenoxy) is 6. The van der Waals surface area contributed by atoms with Gasteiger partial charge in [0.15, 0.2) is 0 Å². The molecule has 2 saturated heterocycles. The molecule has 2 aromatic rings. The van der Waals surface area contributed by atoms with E-state index in [9.17, 15) is 34.5 Å². The van der Waals surface area contributed by atoms with Crippen LogP contribution in [0, 0.1) is 29.6 Å². The second kappa shape index (κ2) is 23.8. The van der Waals surface area contributed by atoms with Crippen LogP contribution in [0.5, 0.6) is 5.75 Å². The summed E-state index contributed by atoms with van der Waals surface area (Å²) in [5.41, 5.74) is 2.68. The number of esters is 1. The maximum atomic E-state index is 14.6. The van der Waals surface area contributed by atoms with Crippen molar-refractivity contribution in [2.45, 2.75) is 173 Å². The molecule has 4 aliphatic rings. The first-order valence-corrected chi connectivity index (χ1v) is 24.9. The molecule has 1 aromatic carbocycles. The number of hydrogen-bond donors (Lipinski definition) is 3. The van der Waals surface area contributed by atoms with Crippen molar-refractivity contribution < 1.29 is 62.9 Å². The number of Topliss-reactive ketones (excluding diaryl/α,β-unsaturated/α-hetero) is 2. The van der Waals surface area contributed by atoms with Gasteiger partial charge in [-0.25, -0.2) is 4.79 Å². The van der Waals surface area contributed by atoms with Crippen molar-refractivity contribution in [1.29, 1.82) is 0 Å². The van der Waals surface area contributed by atoms with E-state index in [0.717, 1.165) is 28.6 Å². The molecule has 1 aromatic heterocycles. The Bertz CT molecular complexity index is 2120. The number of hydrogen-bond acceptors (Lipinski definition) is 13. The lowest BCUT2D eigenvalue weighted by Gasteiger charge is -2.47. The van der Waals surface area contributed by atoms with Crippen LogP contribution in [0.15, 0.2) is 53.8 Å². The van der Waals surface area contributed by atoms with Gasteiger partial charge in [0.05, 0.1) is 31.0 Å². The van der Waals surface area contributed by atoms with Gasteiger partial charge < -0.3 is 53.2 Å². The number of cyclic esters (lactones) is 1. The van der Waals surface area contributed by atoms with E-state index in [2.05, 4.69) is 13.0 Å². The van der Waals surface area contributed by atoms with E-state index >= 15 is 0 Å². The topological polar surface area (TPSA) is 193 Å². The third kappa shape index (κ3) is 12.1. The zero-order valence-electron chi connectivity index (χ0n) is 41.8. The van der Waals surface area contributed by atoms with Gasteiger partial charge in [-0.2, -0.15) is 0 Å². The second-order valence-corrected chi connectivity index (χ2v) is 20.2. The number of methoxy groups -OCH3 is 3. The van der Waals surface area contributed by atoms with E-state index in [-0.39, 0.29) is 62.2 Å². The number of allylic oxidation sites excluding steroid dienone is 3. The molecular weight excluding hydrogens is 873 g/mol. The van der Waals surface area contributed by atoms with Gasteiger partial charge in [-0.3, -0.25) is 14.4 Å². The van der Waals surface area contributed by atoms with Crippen LogP contribution in [-0.2, 0) is 49.4 Å². The predicted molar refractivity (Wildman–Crippen MR) is 256 cm³/mol. The number of aliphatic hydroxyl groups excluding tert-OH is 2. The zero-order chi connectivity index (χ0) is 49.4. The van der Waals surface area contributed by atoms with Crippen LogP contribution in [0.3, 0.4) is 0 Å². The fourth-order valence-corrected chi connectivity index (χ4v) is 11.2. The highest BCUT2D eigenvalue weighted by Crippen LogP contribution is 2.40. The van der Waals surface area contributed by atoms with Crippen LogP contribution in [0.4, 0.5) is 0 Å². The van der Waals surface area contributed by atoms with Crippen LogP contribution in [0.2, 0.25) is 0 Å². The first-order valence-electron chi connectivity index (χ1n) is 24.9. The number of fused-ring (bicyclic) bond motifs is 4. The Kier molecular flexibility index (Phi) is 18.7. The van der Waals surface area contributed by atoms with E-state index < -0.39 is 77.8 Å². The molecule has 0 spiro atoms. The molecule has 1 saturated carbocycles. The Morgan fingerprint density at radius 3 is 2.32 bits per heavy atom. The van der Waals surface area contributed by atoms with Crippen molar-refractivity contribution in [3.05, 3.63) is 53.8 Å². The first kappa shape index (κ1) is 53.4. The van der Waals surface area contributed by atoms with E-state index in [4.69, 9.17) is 28.4 Å². The van der Waals surface area contributed by atoms with E-state index in [0.29, 0.717) is 57.1 Å². The molecule has 68 heavy (non-hydrogen) atoms. The normalized spacial score (nSPS) is 36.4. The fraction of sp³-hybridized carbons (Fsp3) is 0.698. The van der Waals surface area contributed by atoms with Crippen molar-refractivity contribution >= 4 is 34.3 Å². The van der Waals surface area contributed by atoms with Crippen molar-refractivity contribution in [3.63, 3.8) is 0 Å². The average Bonchev–Trinajstić information content (AvgIpc) is 3.73. The lowest BCUT2D eigenvalue weighted by Crippen LogP contribution is -2.64. The smallest absolute Gasteiger partial charge is 0.329 e. The van der Waals surface area contributed by atoms with Crippen LogP contribution in [0.25, 0.3) is 10.9 Å². The van der Waals surface area contributed by atoms with Gasteiger partial charge in [0, 0.05) is 75.7 Å². The minimum Gasteiger partial charge on any atom is -0.488 e. The molecule has 1 unspecified atom stereocenters. The molecule has 14 atom stereocenters. The van der Waals surface area contributed by atoms with Crippen LogP contribution >= 0.6 is 0 Å². The number of benzene rings is 1. The molecule has 4 heterocycles. The van der Waals surface area contributed by atoms with Gasteiger partial charge in [0.2, 0.25) is 5.79 Å². The van der Waals surface area contributed by atoms with Gasteiger partial charge in [0.25, 0.3) is 11.7 Å². The van der Waals surface area contributed by atoms with Crippen LogP contribution in [0.1, 0.15) is 112 Å². The molecule has 15 heteroatoms. The molecular formula is C53H78N2O13. The number of carbonyl (C=O) groups is 4. The van der Waals surface area contributed by atoms with E-state index in [1.165, 1.54) is 19.1 Å². The number of rotatable bonds is 10. The Morgan fingerprint density at radius 2 is 1.63 bits per heavy atom. The van der Waals surface area contributed by atoms with Gasteiger partial charge in [0.1, 0.15) is 35.9 Å². The summed E-state index contributed by atoms with van der Waals surface area (Å²) in [6, 6.07) is 6.77. The first-order chi connectivity index (χ1) is 32.5. The zero-order valence-corrected chi connectivity index (χ0v) is 41.8. The summed E-state index contributed by atoms with van der Waals surface area (Å²) in [6.07, 6.45) is 6.31. The highest BCUT2D eigenvalue weighted by Gasteiger charge is 2.56. The number of ketones is 2. The summed E-state index contributed by atoms with van der Waals surface area (Å²) in [5.74, 6) is -6.86. The summed E-state index contributed by atoms with van der Waals surface area (Å²) in [5, 5.41) is 34.5. The monoisotopic (exact) mass is 951 g/mol. The fourth-order valence-electron chi connectivity index (χ4n) is 11.2. The minimum absolute atomic E-state index is 0.00701. The summed E-state index contributed by atoms with van der Waals surface area (Å²) in [4.78, 5) is 58.6. The molecule has 6 rings (SSSR count). The lowest BCUT2D eigenvalue weighted by atomic mass is 9.81. The summed E-state index contributed by atoms with van der Waals surface area (Å²) >= 11 is 0. The van der Waals surface area contributed by atoms with Crippen molar-refractivity contribution in [3.8, 4) is 5.75 Å². The molecule has 3 N–H and O–H groups in total. The van der Waals surface area contributed by atoms with Gasteiger partial charge >= 0.3 is 5.97 Å². The molecule has 2 bridgehead atoms. The molecule has 0 radical (unpaired) electrons. The maximum absolute atomic E-state index is 14.6. The highest BCUT2D eigenvalue weighted by atomic mass is 16.7. The van der Waals surface area contributed by atoms with Crippen molar-refractivity contribution in [2.75, 3.05) is 34.5 Å². The number of carbonyl (C=O) groups excluding carboxylic acids is 4. The van der Waals surface area contributed by atoms with Gasteiger partial charge in [-0.1, -0.05) is 45.4 Å². The summed E-state index contributed by atoms with van der Waals surface area (Å²) in [7, 11) is 4.74. The van der Waals surface area contributed by atoms with Gasteiger partial charge in [-0.15, -0.1) is 0 Å². The van der Waals surface area contributed by atoms with Crippen LogP contribution < -0.4 is 4.74 Å². The van der Waals surface area contributed by atoms with Crippen molar-refractivity contribution in [2.24, 2.45) is 29.6 Å². The third-order valence-corrected chi connectivity index (χ3v) is 15.2. The standard InChI is InChI=1S/C53H78N2O13/c1-10-37-24-31(2)23-32(3)25-46(64-8)49-47(65-9)27-34(5)53(62,68-49)50(59)51(60)55-19-12-11-13-41(55)52(61)67-48(35(6)42(57)30-43(37)58)33(4)26-36-14-17-44(45(28-36)63-7)66-39-15-16-40-38(29-39)18-20-54(40)21-22-56/h15-16,18,20,24,26,29,32,34-37,41-42,44-49,56-57,62H,10-14,17,19,21-23,25,27-28,30H2,1-9H3/b31-24-,33-26+/t32-,34+,35+,36-,37+,41-,42-,44+,45?,46-,47-,48+,49+,53+/m0/s1. The number of aromatic nitrogens is 1. The molecule has 15 nitrogen and oxygen atoms in total. The number of piperidine rings is 1. The Labute approximate surface area is 402 Å². The predicted octanol–water partition coefficient (Wildman–Crippen LogP) is 6.51. The summed E-state index contributed by atoms with van der Waals surface area (Å²) in [6.45, 7) is 11.9. The van der Waals surface area contributed by atoms with E-state index in [1.54, 1.807) is 21.0 Å². The van der Waals surface area contributed by atoms with E-state index in [1.807, 2.05) is 61.9 Å². The highest BCUT2D eigenvalue weighted by molar-refractivity contribution is 6.39. The SMILES string of the molecule is CC[C@@H]1/C=C(/C)C[C@H](C)C[C@H](OC)[C@H]2O[C@@](O)(C(=O)C(=O)N3CCCC[C@H]3C(=O)O[C@H](/C(C)=C/[C@@H]3CC[C@@H](Oc4ccc5c(ccn5CCO)c4)C(OC)C3)[C@H](C)[C@@H](O)CC1=O)[C@H](C)C[C@@H]2OC. The quantitative estimate of drug-likeness (QED) is 0.133. The second-order valence-electron chi connectivity index (χ2n) is 20.2. The molecule has 1 amide bonds. The molecule has 378 valence electrons. The number of nitrogens with zero attached hydrogens (tertiary/aromatic N) is 2. The molecule has 1 aliphatic carbocycles. The Morgan fingerprint density at radius 1 is 0.912 bits per heavy atom. The Hall–Kier alpha value is -3.96. The largest absolute Gasteiger partial charge is 0.488 e. The van der Waals surface area contributed by atoms with Crippen molar-refractivity contribution in [1.82, 2.24) is 9.47 Å². The number of aliphatic hydroxyl groups is 3. The lowest BCUT2D eigenvalue weighted by molar-refractivity contribution is -0.302. The molecule has 3 fully saturated rings. The third-order valence-electron chi connectivity index (χ3n) is 15.2. The Balaban J connectivity index is 1.29.